The van der Waals surface area contributed by atoms with Crippen molar-refractivity contribution in [3.63, 3.8) is 0 Å². The topological polar surface area (TPSA) is 72.6 Å². The van der Waals surface area contributed by atoms with Gasteiger partial charge in [-0.2, -0.15) is 0 Å². The number of nitrogens with one attached hydrogen (secondary N) is 2. The zero-order chi connectivity index (χ0) is 25.5. The molecule has 37 heavy (non-hydrogen) atoms. The highest BCUT2D eigenvalue weighted by Gasteiger charge is 2.46. The normalized spacial score (nSPS) is 17.8. The van der Waals surface area contributed by atoms with Crippen LogP contribution in [0, 0.1) is 6.92 Å². The summed E-state index contributed by atoms with van der Waals surface area (Å²) in [6, 6.07) is 23.2. The molecule has 3 aliphatic rings. The van der Waals surface area contributed by atoms with Gasteiger partial charge < -0.3 is 15.0 Å². The average Bonchev–Trinajstić information content (AvgIpc) is 2.91. The Labute approximate surface area is 216 Å². The Morgan fingerprint density at radius 1 is 0.892 bits per heavy atom. The van der Waals surface area contributed by atoms with Gasteiger partial charge in [-0.05, 0) is 31.7 Å². The lowest BCUT2D eigenvalue weighted by molar-refractivity contribution is -0.363. The molecule has 3 aromatic rings. The molecule has 6 nitrogen and oxygen atoms in total. The van der Waals surface area contributed by atoms with Crippen molar-refractivity contribution in [2.45, 2.75) is 19.6 Å². The van der Waals surface area contributed by atoms with E-state index in [9.17, 15) is 9.59 Å². The molecule has 0 saturated carbocycles. The Morgan fingerprint density at radius 2 is 1.59 bits per heavy atom. The third-order valence-corrected chi connectivity index (χ3v) is 7.11. The molecular formula is C31H28N3O3+. The van der Waals surface area contributed by atoms with E-state index in [1.54, 1.807) is 24.3 Å². The van der Waals surface area contributed by atoms with Gasteiger partial charge in [0, 0.05) is 42.0 Å². The number of hydrogen-bond donors (Lipinski definition) is 2. The summed E-state index contributed by atoms with van der Waals surface area (Å²) >= 11 is 0. The molecule has 6 rings (SSSR count). The molecule has 2 aliphatic carbocycles. The summed E-state index contributed by atoms with van der Waals surface area (Å²) in [7, 11) is 2.07. The van der Waals surface area contributed by atoms with E-state index >= 15 is 0 Å². The summed E-state index contributed by atoms with van der Waals surface area (Å²) in [6.07, 6.45) is 1.42. The molecule has 184 valence electrons. The first-order chi connectivity index (χ1) is 18.0. The van der Waals surface area contributed by atoms with Crippen LogP contribution in [0.4, 0.5) is 5.69 Å². The molecule has 6 heteroatoms. The molecular weight excluding hydrogens is 462 g/mol. The predicted octanol–water partition coefficient (Wildman–Crippen LogP) is 2.90. The monoisotopic (exact) mass is 490 g/mol. The highest BCUT2D eigenvalue weighted by molar-refractivity contribution is 6.39. The molecule has 0 fully saturated rings. The molecule has 0 spiro atoms. The van der Waals surface area contributed by atoms with Crippen molar-refractivity contribution < 1.29 is 19.3 Å². The number of para-hydroxylation sites is 1. The lowest BCUT2D eigenvalue weighted by Crippen LogP contribution is -2.74. The van der Waals surface area contributed by atoms with Crippen molar-refractivity contribution >= 4 is 23.0 Å². The van der Waals surface area contributed by atoms with Gasteiger partial charge >= 0.3 is 0 Å². The lowest BCUT2D eigenvalue weighted by atomic mass is 9.76. The smallest absolute Gasteiger partial charge is 0.249 e. The second-order valence-corrected chi connectivity index (χ2v) is 9.71. The van der Waals surface area contributed by atoms with Crippen LogP contribution in [0.5, 0.6) is 5.75 Å². The van der Waals surface area contributed by atoms with Gasteiger partial charge in [0.15, 0.2) is 11.5 Å². The fourth-order valence-electron chi connectivity index (χ4n) is 5.25. The van der Waals surface area contributed by atoms with Gasteiger partial charge in [0.05, 0.1) is 5.57 Å². The van der Waals surface area contributed by atoms with Crippen LogP contribution in [-0.4, -0.2) is 48.4 Å². The Bertz CT molecular complexity index is 1520. The number of ketones is 2. The number of benzene rings is 3. The standard InChI is InChI=1S/C31H27N3O3/c1-19-9-8-14-24-28(19)33-29-25(37-24)17-23(32-15-16-34(2)18-20-10-4-3-5-11-20)26-27(29)31(36)22-13-7-6-12-21(22)30(26)35/h3-14,17,25,32H,15-16,18H2,1-2H3/p+1. The molecule has 0 amide bonds. The zero-order valence-electron chi connectivity index (χ0n) is 20.9. The number of hydrogen-bond acceptors (Lipinski definition) is 5. The third kappa shape index (κ3) is 4.09. The Hall–Kier alpha value is -4.29. The minimum absolute atomic E-state index is 0.148. The maximum absolute atomic E-state index is 13.8. The number of aryl methyl sites for hydroxylation is 1. The van der Waals surface area contributed by atoms with Gasteiger partial charge in [0.25, 0.3) is 0 Å². The minimum atomic E-state index is -0.500. The molecule has 1 atom stereocenters. The summed E-state index contributed by atoms with van der Waals surface area (Å²) in [6.45, 7) is 4.19. The SMILES string of the molecule is Cc1cccc2c1[NH+]=C1C3=C(C(=O)c4ccccc4C3=O)C(NCCN(C)Cc3ccccc3)=CC1O2. The van der Waals surface area contributed by atoms with E-state index in [2.05, 4.69) is 34.4 Å². The highest BCUT2D eigenvalue weighted by atomic mass is 16.5. The molecule has 0 aromatic heterocycles. The fourth-order valence-corrected chi connectivity index (χ4v) is 5.25. The van der Waals surface area contributed by atoms with Crippen LogP contribution in [-0.2, 0) is 6.54 Å². The fraction of sp³-hybridized carbons (Fsp3) is 0.194. The number of likely N-dealkylation sites (N-methyl/N-ethyl adjacent to an activating group) is 1. The second-order valence-electron chi connectivity index (χ2n) is 9.71. The maximum Gasteiger partial charge on any atom is 0.249 e. The van der Waals surface area contributed by atoms with Crippen LogP contribution < -0.4 is 15.0 Å². The van der Waals surface area contributed by atoms with Crippen molar-refractivity contribution in [3.8, 4) is 5.75 Å². The van der Waals surface area contributed by atoms with Crippen molar-refractivity contribution in [2.75, 3.05) is 20.1 Å². The van der Waals surface area contributed by atoms with E-state index in [0.29, 0.717) is 40.2 Å². The molecule has 3 aromatic carbocycles. The summed E-state index contributed by atoms with van der Waals surface area (Å²) in [5.74, 6) is 0.419. The first-order valence-electron chi connectivity index (χ1n) is 12.5. The molecule has 0 radical (unpaired) electrons. The van der Waals surface area contributed by atoms with Crippen molar-refractivity contribution in [1.82, 2.24) is 10.2 Å². The van der Waals surface area contributed by atoms with Crippen LogP contribution in [0.25, 0.3) is 0 Å². The van der Waals surface area contributed by atoms with E-state index in [-0.39, 0.29) is 11.6 Å². The van der Waals surface area contributed by atoms with Crippen molar-refractivity contribution in [2.24, 2.45) is 0 Å². The van der Waals surface area contributed by atoms with Gasteiger partial charge in [-0.3, -0.25) is 9.59 Å². The van der Waals surface area contributed by atoms with Crippen LogP contribution >= 0.6 is 0 Å². The van der Waals surface area contributed by atoms with Gasteiger partial charge in [0.2, 0.25) is 23.3 Å². The summed E-state index contributed by atoms with van der Waals surface area (Å²) in [5, 5.41) is 3.46. The van der Waals surface area contributed by atoms with Crippen molar-refractivity contribution in [1.29, 1.82) is 0 Å². The molecule has 1 aliphatic heterocycles. The zero-order valence-corrected chi connectivity index (χ0v) is 20.9. The number of rotatable bonds is 6. The van der Waals surface area contributed by atoms with Crippen LogP contribution in [0.3, 0.4) is 0 Å². The highest BCUT2D eigenvalue weighted by Crippen LogP contribution is 2.36. The summed E-state index contributed by atoms with van der Waals surface area (Å²) < 4.78 is 6.35. The number of ether oxygens (including phenoxy) is 1. The molecule has 2 N–H and O–H groups in total. The average molecular weight is 491 g/mol. The minimum Gasteiger partial charge on any atom is -0.468 e. The second kappa shape index (κ2) is 9.30. The molecule has 0 bridgehead atoms. The quantitative estimate of drug-likeness (QED) is 0.556. The van der Waals surface area contributed by atoms with Gasteiger partial charge in [-0.1, -0.05) is 66.7 Å². The third-order valence-electron chi connectivity index (χ3n) is 7.11. The number of Topliss-reactive ketones (excluding diaryl/α,β-unsaturated/α-hetero) is 2. The number of carbonyl (C=O) groups is 2. The number of carbonyl (C=O) groups excluding carboxylic acids is 2. The van der Waals surface area contributed by atoms with E-state index in [1.807, 2.05) is 49.4 Å². The summed E-state index contributed by atoms with van der Waals surface area (Å²) in [4.78, 5) is 33.2. The van der Waals surface area contributed by atoms with Gasteiger partial charge in [-0.25, -0.2) is 4.99 Å². The van der Waals surface area contributed by atoms with E-state index < -0.39 is 6.10 Å². The van der Waals surface area contributed by atoms with E-state index in [0.717, 1.165) is 30.1 Å². The van der Waals surface area contributed by atoms with Crippen LogP contribution in [0.15, 0.2) is 95.7 Å². The first-order valence-corrected chi connectivity index (χ1v) is 12.5. The maximum atomic E-state index is 13.8. The number of fused-ring (bicyclic) bond motifs is 4. The number of allylic oxidation sites excluding steroid dienone is 1. The van der Waals surface area contributed by atoms with Gasteiger partial charge in [0.1, 0.15) is 5.57 Å². The molecule has 1 heterocycles. The van der Waals surface area contributed by atoms with E-state index in [1.165, 1.54) is 5.56 Å². The van der Waals surface area contributed by atoms with Gasteiger partial charge in [-0.15, -0.1) is 0 Å². The Morgan fingerprint density at radius 3 is 2.35 bits per heavy atom. The lowest BCUT2D eigenvalue weighted by Gasteiger charge is -2.31. The Balaban J connectivity index is 1.34. The van der Waals surface area contributed by atoms with Crippen LogP contribution in [0.1, 0.15) is 31.8 Å². The Kier molecular flexibility index (Phi) is 5.81. The van der Waals surface area contributed by atoms with Crippen LogP contribution in [0.2, 0.25) is 0 Å². The van der Waals surface area contributed by atoms with E-state index in [4.69, 9.17) is 4.74 Å². The largest absolute Gasteiger partial charge is 0.468 e. The predicted molar refractivity (Wildman–Crippen MR) is 142 cm³/mol. The molecule has 0 saturated heterocycles. The first kappa shape index (κ1) is 23.1. The molecule has 1 unspecified atom stereocenters. The van der Waals surface area contributed by atoms with Crippen molar-refractivity contribution in [3.05, 3.63) is 118 Å². The number of nitrogens with zero attached hydrogens (tertiary/aromatic N) is 1. The summed E-state index contributed by atoms with van der Waals surface area (Å²) in [5.41, 5.74) is 6.01.